The third-order valence-electron chi connectivity index (χ3n) is 4.90. The summed E-state index contributed by atoms with van der Waals surface area (Å²) >= 11 is 1.18. The van der Waals surface area contributed by atoms with Crippen molar-refractivity contribution in [2.75, 3.05) is 0 Å². The molecule has 4 rings (SSSR count). The van der Waals surface area contributed by atoms with Crippen LogP contribution < -0.4 is 16.7 Å². The van der Waals surface area contributed by atoms with Gasteiger partial charge in [0, 0.05) is 11.4 Å². The predicted octanol–water partition coefficient (Wildman–Crippen LogP) is 2.63. The summed E-state index contributed by atoms with van der Waals surface area (Å²) < 4.78 is 2.82. The van der Waals surface area contributed by atoms with Crippen LogP contribution in [0.5, 0.6) is 0 Å². The molecule has 2 heterocycles. The average molecular weight is 421 g/mol. The van der Waals surface area contributed by atoms with Crippen molar-refractivity contribution in [3.63, 3.8) is 0 Å². The smallest absolute Gasteiger partial charge is 0.288 e. The summed E-state index contributed by atoms with van der Waals surface area (Å²) in [4.78, 5) is 38.9. The highest BCUT2D eigenvalue weighted by Gasteiger charge is 2.15. The Morgan fingerprint density at radius 3 is 2.43 bits per heavy atom. The van der Waals surface area contributed by atoms with E-state index < -0.39 is 11.6 Å². The highest BCUT2D eigenvalue weighted by Crippen LogP contribution is 2.19. The van der Waals surface area contributed by atoms with Gasteiger partial charge in [0.2, 0.25) is 0 Å². The van der Waals surface area contributed by atoms with Gasteiger partial charge in [-0.3, -0.25) is 23.9 Å². The number of aryl methyl sites for hydroxylation is 1. The first-order chi connectivity index (χ1) is 14.6. The number of carbonyl (C=O) groups excluding carboxylic acids is 1. The van der Waals surface area contributed by atoms with Gasteiger partial charge in [0.25, 0.3) is 11.5 Å². The van der Waals surface area contributed by atoms with Gasteiger partial charge in [0.05, 0.1) is 22.3 Å². The van der Waals surface area contributed by atoms with Crippen LogP contribution in [0.1, 0.15) is 20.1 Å². The van der Waals surface area contributed by atoms with E-state index >= 15 is 0 Å². The average Bonchev–Trinajstić information content (AvgIpc) is 3.25. The summed E-state index contributed by atoms with van der Waals surface area (Å²) in [6, 6.07) is 20.0. The van der Waals surface area contributed by atoms with Gasteiger partial charge in [0.15, 0.2) is 0 Å². The third kappa shape index (κ3) is 3.83. The summed E-state index contributed by atoms with van der Waals surface area (Å²) in [5, 5.41) is 9.27. The summed E-state index contributed by atoms with van der Waals surface area (Å²) in [7, 11) is 0. The fourth-order valence-electron chi connectivity index (χ4n) is 3.40. The number of rotatable bonds is 6. The molecule has 30 heavy (non-hydrogen) atoms. The van der Waals surface area contributed by atoms with Crippen molar-refractivity contribution in [1.82, 2.24) is 14.6 Å². The van der Waals surface area contributed by atoms with Crippen molar-refractivity contribution in [3.05, 3.63) is 103 Å². The molecular formula is C22H19N3O4S. The lowest BCUT2D eigenvalue weighted by Gasteiger charge is -2.13. The number of hydroxylamine groups is 1. The Labute approximate surface area is 175 Å². The number of amides is 1. The van der Waals surface area contributed by atoms with Crippen LogP contribution in [0.2, 0.25) is 0 Å². The van der Waals surface area contributed by atoms with Gasteiger partial charge >= 0.3 is 5.69 Å². The van der Waals surface area contributed by atoms with E-state index in [4.69, 9.17) is 5.21 Å². The second kappa shape index (κ2) is 8.48. The second-order valence-corrected chi connectivity index (χ2v) is 7.95. The van der Waals surface area contributed by atoms with Crippen LogP contribution in [-0.4, -0.2) is 20.2 Å². The zero-order valence-corrected chi connectivity index (χ0v) is 16.8. The van der Waals surface area contributed by atoms with E-state index in [1.165, 1.54) is 15.9 Å². The Hall–Kier alpha value is -3.49. The lowest BCUT2D eigenvalue weighted by atomic mass is 10.1. The normalized spacial score (nSPS) is 11.0. The molecule has 0 atom stereocenters. The van der Waals surface area contributed by atoms with Crippen molar-refractivity contribution in [1.29, 1.82) is 0 Å². The fourth-order valence-corrected chi connectivity index (χ4v) is 4.29. The monoisotopic (exact) mass is 421 g/mol. The van der Waals surface area contributed by atoms with Crippen LogP contribution in [0.4, 0.5) is 0 Å². The number of para-hydroxylation sites is 1. The van der Waals surface area contributed by atoms with Crippen LogP contribution in [0.15, 0.2) is 76.3 Å². The Bertz CT molecular complexity index is 1320. The first-order valence-electron chi connectivity index (χ1n) is 9.38. The van der Waals surface area contributed by atoms with E-state index in [1.54, 1.807) is 46.4 Å². The summed E-state index contributed by atoms with van der Waals surface area (Å²) in [6.07, 6.45) is 0.564. The molecule has 0 fully saturated rings. The minimum Gasteiger partial charge on any atom is -0.288 e. The summed E-state index contributed by atoms with van der Waals surface area (Å²) in [5.41, 5.74) is 2.49. The Morgan fingerprint density at radius 1 is 0.933 bits per heavy atom. The molecule has 0 unspecified atom stereocenters. The lowest BCUT2D eigenvalue weighted by Crippen LogP contribution is -2.40. The third-order valence-corrected chi connectivity index (χ3v) is 5.97. The molecule has 2 aromatic carbocycles. The van der Waals surface area contributed by atoms with Crippen LogP contribution in [0, 0.1) is 0 Å². The molecular weight excluding hydrogens is 402 g/mol. The van der Waals surface area contributed by atoms with Crippen molar-refractivity contribution in [2.24, 2.45) is 0 Å². The van der Waals surface area contributed by atoms with E-state index in [-0.39, 0.29) is 18.6 Å². The number of fused-ring (bicyclic) bond motifs is 1. The maximum Gasteiger partial charge on any atom is 0.331 e. The van der Waals surface area contributed by atoms with Crippen LogP contribution in [0.25, 0.3) is 10.9 Å². The molecule has 152 valence electrons. The Balaban J connectivity index is 1.76. The topological polar surface area (TPSA) is 93.3 Å². The van der Waals surface area contributed by atoms with Crippen molar-refractivity contribution >= 4 is 28.1 Å². The fraction of sp³-hybridized carbons (Fsp3) is 0.136. The molecule has 2 N–H and O–H groups in total. The van der Waals surface area contributed by atoms with E-state index in [1.807, 2.05) is 30.3 Å². The van der Waals surface area contributed by atoms with Gasteiger partial charge in [-0.05, 0) is 36.2 Å². The zero-order chi connectivity index (χ0) is 21.1. The number of thiophene rings is 1. The molecule has 2 aromatic heterocycles. The highest BCUT2D eigenvalue weighted by atomic mass is 32.1. The van der Waals surface area contributed by atoms with E-state index in [9.17, 15) is 14.4 Å². The largest absolute Gasteiger partial charge is 0.331 e. The zero-order valence-electron chi connectivity index (χ0n) is 15.9. The van der Waals surface area contributed by atoms with Crippen LogP contribution in [0.3, 0.4) is 0 Å². The molecule has 4 aromatic rings. The number of hydrogen-bond acceptors (Lipinski definition) is 5. The quantitative estimate of drug-likeness (QED) is 0.370. The number of aromatic nitrogens is 2. The molecule has 0 aliphatic rings. The maximum atomic E-state index is 13.2. The van der Waals surface area contributed by atoms with Crippen molar-refractivity contribution in [3.8, 4) is 0 Å². The van der Waals surface area contributed by atoms with Gasteiger partial charge in [-0.2, -0.15) is 0 Å². The molecule has 0 saturated carbocycles. The highest BCUT2D eigenvalue weighted by molar-refractivity contribution is 7.14. The number of nitrogens with one attached hydrogen (secondary N) is 1. The molecule has 0 bridgehead atoms. The molecule has 7 nitrogen and oxygen atoms in total. The molecule has 1 amide bonds. The Morgan fingerprint density at radius 2 is 1.67 bits per heavy atom. The second-order valence-electron chi connectivity index (χ2n) is 6.79. The van der Waals surface area contributed by atoms with Crippen molar-refractivity contribution < 1.29 is 10.0 Å². The number of benzene rings is 2. The molecule has 0 aliphatic heterocycles. The summed E-state index contributed by atoms with van der Waals surface area (Å²) in [6.45, 7) is 0.490. The Kier molecular flexibility index (Phi) is 5.60. The van der Waals surface area contributed by atoms with Gasteiger partial charge in [0.1, 0.15) is 0 Å². The number of hydrogen-bond donors (Lipinski definition) is 2. The number of carbonyl (C=O) groups is 1. The molecule has 8 heteroatoms. The SMILES string of the molecule is O=C(NO)c1ccc(Cn2c(=O)n(CCc3ccccc3)c(=O)c3ccccc32)s1. The van der Waals surface area contributed by atoms with Crippen LogP contribution >= 0.6 is 11.3 Å². The molecule has 0 spiro atoms. The molecule has 0 saturated heterocycles. The van der Waals surface area contributed by atoms with Crippen LogP contribution in [-0.2, 0) is 19.5 Å². The molecule has 0 aliphatic carbocycles. The van der Waals surface area contributed by atoms with E-state index in [0.717, 1.165) is 10.4 Å². The van der Waals surface area contributed by atoms with Gasteiger partial charge in [-0.25, -0.2) is 10.3 Å². The van der Waals surface area contributed by atoms with E-state index in [0.29, 0.717) is 22.2 Å². The van der Waals surface area contributed by atoms with Gasteiger partial charge < -0.3 is 0 Å². The minimum absolute atomic E-state index is 0.217. The lowest BCUT2D eigenvalue weighted by molar-refractivity contribution is 0.0711. The van der Waals surface area contributed by atoms with Gasteiger partial charge in [-0.1, -0.05) is 42.5 Å². The first-order valence-corrected chi connectivity index (χ1v) is 10.2. The first kappa shape index (κ1) is 19.8. The van der Waals surface area contributed by atoms with Gasteiger partial charge in [-0.15, -0.1) is 11.3 Å². The summed E-state index contributed by atoms with van der Waals surface area (Å²) in [5.74, 6) is -0.601. The predicted molar refractivity (Wildman–Crippen MR) is 115 cm³/mol. The molecule has 0 radical (unpaired) electrons. The maximum absolute atomic E-state index is 13.2. The number of nitrogens with zero attached hydrogens (tertiary/aromatic N) is 2. The van der Waals surface area contributed by atoms with E-state index in [2.05, 4.69) is 0 Å². The van der Waals surface area contributed by atoms with Crippen molar-refractivity contribution in [2.45, 2.75) is 19.5 Å². The minimum atomic E-state index is -0.601. The standard InChI is InChI=1S/C22H19N3O4S/c26-20(23-29)19-11-10-16(30-19)14-25-18-9-5-4-8-17(18)21(27)24(22(25)28)13-12-15-6-2-1-3-7-15/h1-11,29H,12-14H2,(H,23,26).